The molecule has 3 aromatic carbocycles. The molecule has 0 spiro atoms. The summed E-state index contributed by atoms with van der Waals surface area (Å²) in [5.41, 5.74) is 4.80. The highest BCUT2D eigenvalue weighted by Crippen LogP contribution is 2.64. The lowest BCUT2D eigenvalue weighted by Crippen LogP contribution is -2.51. The highest BCUT2D eigenvalue weighted by Gasteiger charge is 2.66. The van der Waals surface area contributed by atoms with Gasteiger partial charge in [-0.3, -0.25) is 9.59 Å². The molecule has 0 saturated carbocycles. The number of hydrogen-bond donors (Lipinski definition) is 0. The molecule has 3 aliphatic carbocycles. The second-order valence-corrected chi connectivity index (χ2v) is 8.80. The Hall–Kier alpha value is -3.40. The summed E-state index contributed by atoms with van der Waals surface area (Å²) in [5.74, 6) is -0.344. The number of rotatable bonds is 3. The number of ether oxygens (including phenoxy) is 1. The first kappa shape index (κ1) is 18.4. The van der Waals surface area contributed by atoms with Crippen molar-refractivity contribution in [2.45, 2.75) is 25.2 Å². The van der Waals surface area contributed by atoms with Crippen LogP contribution in [0.25, 0.3) is 0 Å². The Balaban J connectivity index is 1.53. The number of benzene rings is 3. The maximum absolute atomic E-state index is 13.8. The summed E-state index contributed by atoms with van der Waals surface area (Å²) in [6.07, 6.45) is 0. The zero-order valence-corrected chi connectivity index (χ0v) is 17.5. The van der Waals surface area contributed by atoms with E-state index in [9.17, 15) is 9.59 Å². The van der Waals surface area contributed by atoms with Crippen LogP contribution < -0.4 is 9.64 Å². The normalized spacial score (nSPS) is 27.7. The first-order valence-electron chi connectivity index (χ1n) is 10.9. The maximum atomic E-state index is 13.8. The molecular formula is C27H23NO3. The molecule has 0 radical (unpaired) electrons. The largest absolute Gasteiger partial charge is 0.494 e. The molecule has 2 bridgehead atoms. The topological polar surface area (TPSA) is 46.6 Å². The predicted molar refractivity (Wildman–Crippen MR) is 118 cm³/mol. The van der Waals surface area contributed by atoms with Crippen molar-refractivity contribution in [2.24, 2.45) is 11.8 Å². The van der Waals surface area contributed by atoms with Crippen LogP contribution in [-0.2, 0) is 15.0 Å². The number of carbonyl (C=O) groups is 2. The molecule has 0 N–H and O–H groups in total. The van der Waals surface area contributed by atoms with Crippen molar-refractivity contribution in [1.29, 1.82) is 0 Å². The van der Waals surface area contributed by atoms with E-state index in [0.29, 0.717) is 12.3 Å². The number of imide groups is 1. The number of hydrogen-bond acceptors (Lipinski definition) is 3. The van der Waals surface area contributed by atoms with Gasteiger partial charge < -0.3 is 4.74 Å². The van der Waals surface area contributed by atoms with E-state index >= 15 is 0 Å². The summed E-state index contributed by atoms with van der Waals surface area (Å²) in [6.45, 7) is 4.64. The average molecular weight is 409 g/mol. The van der Waals surface area contributed by atoms with Gasteiger partial charge in [-0.1, -0.05) is 55.5 Å². The third-order valence-corrected chi connectivity index (χ3v) is 7.45. The van der Waals surface area contributed by atoms with E-state index in [0.717, 1.165) is 5.75 Å². The molecule has 7 rings (SSSR count). The lowest BCUT2D eigenvalue weighted by Gasteiger charge is -2.52. The molecule has 0 aromatic heterocycles. The van der Waals surface area contributed by atoms with E-state index in [-0.39, 0.29) is 23.7 Å². The lowest BCUT2D eigenvalue weighted by molar-refractivity contribution is -0.123. The van der Waals surface area contributed by atoms with Crippen LogP contribution >= 0.6 is 0 Å². The SMILES string of the molecule is CCOc1ccc(N2C(=O)C3C4c5ccccc5C(C)(c5ccccc54)C3C2=O)cc1. The summed E-state index contributed by atoms with van der Waals surface area (Å²) in [6, 6.07) is 23.9. The Bertz CT molecular complexity index is 1180. The van der Waals surface area contributed by atoms with Crippen LogP contribution in [0.1, 0.15) is 42.0 Å². The first-order chi connectivity index (χ1) is 15.1. The quantitative estimate of drug-likeness (QED) is 0.592. The zero-order valence-electron chi connectivity index (χ0n) is 17.5. The summed E-state index contributed by atoms with van der Waals surface area (Å²) in [4.78, 5) is 29.0. The molecule has 31 heavy (non-hydrogen) atoms. The Morgan fingerprint density at radius 2 is 1.42 bits per heavy atom. The molecule has 1 fully saturated rings. The molecule has 1 aliphatic heterocycles. The van der Waals surface area contributed by atoms with Gasteiger partial charge in [-0.25, -0.2) is 4.90 Å². The van der Waals surface area contributed by atoms with Gasteiger partial charge in [0.2, 0.25) is 11.8 Å². The van der Waals surface area contributed by atoms with Crippen molar-refractivity contribution in [2.75, 3.05) is 11.5 Å². The van der Waals surface area contributed by atoms with Crippen LogP contribution in [0.3, 0.4) is 0 Å². The molecule has 4 heteroatoms. The minimum atomic E-state index is -0.528. The van der Waals surface area contributed by atoms with Gasteiger partial charge in [-0.2, -0.15) is 0 Å². The highest BCUT2D eigenvalue weighted by molar-refractivity contribution is 6.23. The van der Waals surface area contributed by atoms with Crippen molar-refractivity contribution in [3.8, 4) is 5.75 Å². The molecular weight excluding hydrogens is 386 g/mol. The number of nitrogens with zero attached hydrogens (tertiary/aromatic N) is 1. The van der Waals surface area contributed by atoms with Crippen LogP contribution in [0.2, 0.25) is 0 Å². The fourth-order valence-corrected chi connectivity index (χ4v) is 6.26. The van der Waals surface area contributed by atoms with E-state index < -0.39 is 11.3 Å². The summed E-state index contributed by atoms with van der Waals surface area (Å²) in [7, 11) is 0. The van der Waals surface area contributed by atoms with Crippen molar-refractivity contribution in [3.05, 3.63) is 95.1 Å². The third-order valence-electron chi connectivity index (χ3n) is 7.45. The second-order valence-electron chi connectivity index (χ2n) is 8.80. The van der Waals surface area contributed by atoms with Crippen LogP contribution in [-0.4, -0.2) is 18.4 Å². The predicted octanol–water partition coefficient (Wildman–Crippen LogP) is 4.66. The summed E-state index contributed by atoms with van der Waals surface area (Å²) in [5, 5.41) is 0. The molecule has 3 aromatic rings. The Morgan fingerprint density at radius 1 is 0.839 bits per heavy atom. The van der Waals surface area contributed by atoms with Crippen LogP contribution in [0.4, 0.5) is 5.69 Å². The van der Waals surface area contributed by atoms with Gasteiger partial charge >= 0.3 is 0 Å². The van der Waals surface area contributed by atoms with E-state index in [1.165, 1.54) is 27.2 Å². The van der Waals surface area contributed by atoms with Crippen LogP contribution in [0.5, 0.6) is 5.75 Å². The molecule has 4 nitrogen and oxygen atoms in total. The number of amides is 2. The van der Waals surface area contributed by atoms with Gasteiger partial charge in [-0.05, 0) is 53.4 Å². The molecule has 2 amide bonds. The van der Waals surface area contributed by atoms with Gasteiger partial charge in [0.1, 0.15) is 5.75 Å². The number of anilines is 1. The standard InChI is InChI=1S/C27H23NO3/c1-3-31-17-14-12-16(13-15-17)28-25(29)23-22-18-8-4-6-10-20(18)27(2,24(23)26(28)30)21-11-7-5-9-19(21)22/h4-15,22-24H,3H2,1-2H3. The molecule has 154 valence electrons. The number of carbonyl (C=O) groups excluding carboxylic acids is 2. The smallest absolute Gasteiger partial charge is 0.238 e. The second kappa shape index (κ2) is 6.30. The fraction of sp³-hybridized carbons (Fsp3) is 0.259. The fourth-order valence-electron chi connectivity index (χ4n) is 6.26. The van der Waals surface area contributed by atoms with E-state index in [4.69, 9.17) is 4.74 Å². The van der Waals surface area contributed by atoms with Crippen LogP contribution in [0, 0.1) is 11.8 Å². The summed E-state index contributed by atoms with van der Waals surface area (Å²) >= 11 is 0. The minimum Gasteiger partial charge on any atom is -0.494 e. The van der Waals surface area contributed by atoms with Crippen molar-refractivity contribution >= 4 is 17.5 Å². The average Bonchev–Trinajstić information content (AvgIpc) is 3.07. The van der Waals surface area contributed by atoms with E-state index in [1.807, 2.05) is 55.5 Å². The molecule has 1 heterocycles. The molecule has 4 aliphatic rings. The van der Waals surface area contributed by atoms with Gasteiger partial charge in [0.05, 0.1) is 24.1 Å². The first-order valence-corrected chi connectivity index (χ1v) is 10.9. The minimum absolute atomic E-state index is 0.0941. The van der Waals surface area contributed by atoms with Crippen molar-refractivity contribution < 1.29 is 14.3 Å². The highest BCUT2D eigenvalue weighted by atomic mass is 16.5. The third kappa shape index (κ3) is 2.20. The Kier molecular flexibility index (Phi) is 3.73. The Labute approximate surface area is 181 Å². The Morgan fingerprint density at radius 3 is 2.00 bits per heavy atom. The zero-order chi connectivity index (χ0) is 21.3. The lowest BCUT2D eigenvalue weighted by atomic mass is 9.48. The van der Waals surface area contributed by atoms with Gasteiger partial charge in [0.15, 0.2) is 0 Å². The van der Waals surface area contributed by atoms with E-state index in [2.05, 4.69) is 31.2 Å². The molecule has 2 unspecified atom stereocenters. The summed E-state index contributed by atoms with van der Waals surface area (Å²) < 4.78 is 5.53. The maximum Gasteiger partial charge on any atom is 0.238 e. The van der Waals surface area contributed by atoms with Gasteiger partial charge in [-0.15, -0.1) is 0 Å². The van der Waals surface area contributed by atoms with Crippen molar-refractivity contribution in [3.63, 3.8) is 0 Å². The van der Waals surface area contributed by atoms with Gasteiger partial charge in [0, 0.05) is 11.3 Å². The molecule has 1 saturated heterocycles. The van der Waals surface area contributed by atoms with Gasteiger partial charge in [0.25, 0.3) is 0 Å². The monoisotopic (exact) mass is 409 g/mol. The van der Waals surface area contributed by atoms with Crippen LogP contribution in [0.15, 0.2) is 72.8 Å². The van der Waals surface area contributed by atoms with E-state index in [1.54, 1.807) is 0 Å². The molecule has 2 atom stereocenters. The van der Waals surface area contributed by atoms with Crippen molar-refractivity contribution in [1.82, 2.24) is 0 Å².